The molecule has 0 amide bonds. The molecule has 3 aromatic heterocycles. The van der Waals surface area contributed by atoms with Crippen LogP contribution < -0.4 is 21.7 Å². The van der Waals surface area contributed by atoms with Gasteiger partial charge in [-0.3, -0.25) is 4.90 Å². The summed E-state index contributed by atoms with van der Waals surface area (Å²) in [6.07, 6.45) is 4.15. The number of rotatable bonds is 4. The molecule has 0 spiro atoms. The highest BCUT2D eigenvalue weighted by atomic mass is 15.4. The monoisotopic (exact) mass is 409 g/mol. The lowest BCUT2D eigenvalue weighted by Gasteiger charge is -2.37. The summed E-state index contributed by atoms with van der Waals surface area (Å²) in [4.78, 5) is 13.1. The molecule has 0 atom stereocenters. The first-order valence-electron chi connectivity index (χ1n) is 10.5. The van der Waals surface area contributed by atoms with Gasteiger partial charge in [-0.25, -0.2) is 4.98 Å². The van der Waals surface area contributed by atoms with Gasteiger partial charge in [0.15, 0.2) is 23.1 Å². The number of hydrogen-bond acceptors (Lipinski definition) is 10. The number of anilines is 3. The van der Waals surface area contributed by atoms with Gasteiger partial charge in [0.2, 0.25) is 5.95 Å². The van der Waals surface area contributed by atoms with Gasteiger partial charge in [-0.1, -0.05) is 0 Å². The first-order chi connectivity index (χ1) is 14.7. The van der Waals surface area contributed by atoms with Crippen molar-refractivity contribution in [3.05, 3.63) is 18.3 Å². The van der Waals surface area contributed by atoms with Crippen molar-refractivity contribution in [2.75, 3.05) is 62.2 Å². The molecule has 2 aliphatic rings. The Morgan fingerprint density at radius 1 is 1.00 bits per heavy atom. The Bertz CT molecular complexity index is 1000. The Hall–Kier alpha value is -3.05. The molecule has 5 heterocycles. The summed E-state index contributed by atoms with van der Waals surface area (Å²) in [6.45, 7) is 7.55. The number of fused-ring (bicyclic) bond motifs is 1. The summed E-state index contributed by atoms with van der Waals surface area (Å²) in [5.41, 5.74) is 12.2. The molecule has 5 rings (SSSR count). The van der Waals surface area contributed by atoms with Gasteiger partial charge < -0.3 is 21.7 Å². The molecule has 0 aromatic carbocycles. The van der Waals surface area contributed by atoms with E-state index in [1.807, 2.05) is 12.1 Å². The van der Waals surface area contributed by atoms with Gasteiger partial charge in [-0.2, -0.15) is 9.67 Å². The molecule has 3 aromatic rings. The summed E-state index contributed by atoms with van der Waals surface area (Å²) in [7, 11) is 0. The highest BCUT2D eigenvalue weighted by Crippen LogP contribution is 2.22. The highest BCUT2D eigenvalue weighted by molar-refractivity contribution is 5.87. The van der Waals surface area contributed by atoms with Crippen LogP contribution in [-0.4, -0.2) is 80.7 Å². The van der Waals surface area contributed by atoms with Crippen molar-refractivity contribution in [1.82, 2.24) is 40.2 Å². The van der Waals surface area contributed by atoms with E-state index in [0.717, 1.165) is 51.0 Å². The zero-order chi connectivity index (χ0) is 20.5. The van der Waals surface area contributed by atoms with Crippen LogP contribution in [0.2, 0.25) is 0 Å². The molecule has 5 N–H and O–H groups in total. The van der Waals surface area contributed by atoms with Crippen molar-refractivity contribution in [3.63, 3.8) is 0 Å². The minimum atomic E-state index is 0.163. The molecule has 30 heavy (non-hydrogen) atoms. The third-order valence-corrected chi connectivity index (χ3v) is 6.00. The van der Waals surface area contributed by atoms with E-state index in [1.165, 1.54) is 19.4 Å². The second-order valence-corrected chi connectivity index (χ2v) is 7.99. The van der Waals surface area contributed by atoms with E-state index in [1.54, 1.807) is 10.9 Å². The van der Waals surface area contributed by atoms with Crippen molar-refractivity contribution < 1.29 is 0 Å². The zero-order valence-corrected chi connectivity index (χ0v) is 16.9. The van der Waals surface area contributed by atoms with Gasteiger partial charge in [0.1, 0.15) is 0 Å². The van der Waals surface area contributed by atoms with Crippen LogP contribution in [0.25, 0.3) is 16.9 Å². The number of piperazine rings is 1. The van der Waals surface area contributed by atoms with E-state index in [4.69, 9.17) is 11.5 Å². The molecule has 2 saturated heterocycles. The fraction of sp³-hybridized carbons (Fsp3) is 0.526. The van der Waals surface area contributed by atoms with E-state index < -0.39 is 0 Å². The third kappa shape index (κ3) is 3.73. The highest BCUT2D eigenvalue weighted by Gasteiger charge is 2.22. The normalized spacial score (nSPS) is 18.9. The lowest BCUT2D eigenvalue weighted by atomic mass is 9.97. The van der Waals surface area contributed by atoms with Crippen molar-refractivity contribution >= 4 is 28.6 Å². The molecule has 0 saturated carbocycles. The van der Waals surface area contributed by atoms with E-state index in [0.29, 0.717) is 22.7 Å². The maximum absolute atomic E-state index is 5.97. The van der Waals surface area contributed by atoms with Gasteiger partial charge in [0.05, 0.1) is 5.39 Å². The fourth-order valence-electron chi connectivity index (χ4n) is 4.29. The lowest BCUT2D eigenvalue weighted by Crippen LogP contribution is -2.49. The third-order valence-electron chi connectivity index (χ3n) is 6.00. The SMILES string of the molecule is Nc1ncc2c(N)nn(-c3ccc(N4CCN(CC5CCNCC5)CC4)nn3)c2n1. The quantitative estimate of drug-likeness (QED) is 0.535. The summed E-state index contributed by atoms with van der Waals surface area (Å²) >= 11 is 0. The Balaban J connectivity index is 1.25. The molecule has 0 unspecified atom stereocenters. The van der Waals surface area contributed by atoms with Gasteiger partial charge in [-0.15, -0.1) is 15.3 Å². The maximum atomic E-state index is 5.97. The molecule has 0 radical (unpaired) electrons. The first kappa shape index (κ1) is 18.9. The van der Waals surface area contributed by atoms with Crippen LogP contribution in [-0.2, 0) is 0 Å². The minimum Gasteiger partial charge on any atom is -0.382 e. The molecular weight excluding hydrogens is 382 g/mol. The number of nitrogens with one attached hydrogen (secondary N) is 1. The molecular formula is C19H27N11. The topological polar surface area (TPSA) is 140 Å². The molecule has 0 aliphatic carbocycles. The molecule has 0 bridgehead atoms. The van der Waals surface area contributed by atoms with E-state index >= 15 is 0 Å². The van der Waals surface area contributed by atoms with Gasteiger partial charge >= 0.3 is 0 Å². The van der Waals surface area contributed by atoms with Crippen molar-refractivity contribution in [1.29, 1.82) is 0 Å². The summed E-state index contributed by atoms with van der Waals surface area (Å²) in [6, 6.07) is 3.85. The number of hydrogen-bond donors (Lipinski definition) is 3. The number of piperidine rings is 1. The van der Waals surface area contributed by atoms with E-state index in [-0.39, 0.29) is 5.95 Å². The van der Waals surface area contributed by atoms with Crippen molar-refractivity contribution in [2.45, 2.75) is 12.8 Å². The van der Waals surface area contributed by atoms with Gasteiger partial charge in [0.25, 0.3) is 0 Å². The standard InChI is InChI=1S/C19H27N11/c20-17-14-11-23-19(21)24-18(14)30(27-17)16-2-1-15(25-26-16)29-9-7-28(8-10-29)12-13-3-5-22-6-4-13/h1-2,11,13,22H,3-10,12H2,(H2,20,27)(H2,21,23,24). The average Bonchev–Trinajstić information content (AvgIpc) is 3.11. The van der Waals surface area contributed by atoms with Crippen LogP contribution in [0.1, 0.15) is 12.8 Å². The Morgan fingerprint density at radius 3 is 2.47 bits per heavy atom. The smallest absolute Gasteiger partial charge is 0.222 e. The lowest BCUT2D eigenvalue weighted by molar-refractivity contribution is 0.196. The molecule has 11 nitrogen and oxygen atoms in total. The predicted octanol–water partition coefficient (Wildman–Crippen LogP) is -0.108. The Morgan fingerprint density at radius 2 is 1.73 bits per heavy atom. The second-order valence-electron chi connectivity index (χ2n) is 7.99. The average molecular weight is 410 g/mol. The first-order valence-corrected chi connectivity index (χ1v) is 10.5. The van der Waals surface area contributed by atoms with Crippen LogP contribution in [0.15, 0.2) is 18.3 Å². The molecule has 2 aliphatic heterocycles. The van der Waals surface area contributed by atoms with Crippen LogP contribution in [0.3, 0.4) is 0 Å². The van der Waals surface area contributed by atoms with E-state index in [2.05, 4.69) is 40.4 Å². The van der Waals surface area contributed by atoms with E-state index in [9.17, 15) is 0 Å². The number of nitrogens with zero attached hydrogens (tertiary/aromatic N) is 8. The molecule has 2 fully saturated rings. The molecule has 158 valence electrons. The number of aromatic nitrogens is 6. The summed E-state index contributed by atoms with van der Waals surface area (Å²) < 4.78 is 1.55. The summed E-state index contributed by atoms with van der Waals surface area (Å²) in [5, 5.41) is 17.2. The Labute approximate surface area is 174 Å². The maximum Gasteiger partial charge on any atom is 0.222 e. The minimum absolute atomic E-state index is 0.163. The Kier molecular flexibility index (Phi) is 5.05. The summed E-state index contributed by atoms with van der Waals surface area (Å²) in [5.74, 6) is 2.74. The largest absolute Gasteiger partial charge is 0.382 e. The zero-order valence-electron chi connectivity index (χ0n) is 16.9. The van der Waals surface area contributed by atoms with Crippen molar-refractivity contribution in [2.24, 2.45) is 5.92 Å². The van der Waals surface area contributed by atoms with Gasteiger partial charge in [0, 0.05) is 38.9 Å². The van der Waals surface area contributed by atoms with Crippen molar-refractivity contribution in [3.8, 4) is 5.82 Å². The predicted molar refractivity (Wildman–Crippen MR) is 115 cm³/mol. The second kappa shape index (κ2) is 8.00. The van der Waals surface area contributed by atoms with Crippen LogP contribution in [0, 0.1) is 5.92 Å². The number of nitrogens with two attached hydrogens (primary N) is 2. The van der Waals surface area contributed by atoms with Crippen LogP contribution in [0.4, 0.5) is 17.6 Å². The van der Waals surface area contributed by atoms with Gasteiger partial charge in [-0.05, 0) is 44.0 Å². The molecule has 11 heteroatoms. The van der Waals surface area contributed by atoms with Crippen LogP contribution in [0.5, 0.6) is 0 Å². The number of nitrogen functional groups attached to an aromatic ring is 2. The van der Waals surface area contributed by atoms with Crippen LogP contribution >= 0.6 is 0 Å². The fourth-order valence-corrected chi connectivity index (χ4v) is 4.29.